The van der Waals surface area contributed by atoms with E-state index in [1.807, 2.05) is 16.8 Å². The fourth-order valence-corrected chi connectivity index (χ4v) is 2.06. The molecular weight excluding hydrogens is 230 g/mol. The Morgan fingerprint density at radius 3 is 2.69 bits per heavy atom. The molecule has 0 spiro atoms. The molecule has 16 heavy (non-hydrogen) atoms. The molecule has 2 aromatic rings. The third kappa shape index (κ3) is 2.33. The number of halogens is 2. The van der Waals surface area contributed by atoms with E-state index in [4.69, 9.17) is 0 Å². The molecule has 0 N–H and O–H groups in total. The second-order valence-corrected chi connectivity index (χ2v) is 4.14. The molecule has 0 saturated carbocycles. The van der Waals surface area contributed by atoms with E-state index in [-0.39, 0.29) is 17.8 Å². The van der Waals surface area contributed by atoms with Crippen LogP contribution in [0.2, 0.25) is 0 Å². The van der Waals surface area contributed by atoms with Gasteiger partial charge in [0, 0.05) is 12.5 Å². The Bertz CT molecular complexity index is 506. The topological polar surface area (TPSA) is 17.1 Å². The first-order chi connectivity index (χ1) is 7.66. The zero-order valence-corrected chi connectivity index (χ0v) is 9.06. The zero-order chi connectivity index (χ0) is 11.5. The van der Waals surface area contributed by atoms with E-state index >= 15 is 0 Å². The Balaban J connectivity index is 2.21. The molecule has 0 bridgehead atoms. The Morgan fingerprint density at radius 1 is 1.25 bits per heavy atom. The second-order valence-electron chi connectivity index (χ2n) is 3.36. The van der Waals surface area contributed by atoms with Crippen LogP contribution in [0.3, 0.4) is 0 Å². The van der Waals surface area contributed by atoms with E-state index in [2.05, 4.69) is 0 Å². The van der Waals surface area contributed by atoms with Crippen LogP contribution in [0, 0.1) is 11.6 Å². The predicted octanol–water partition coefficient (Wildman–Crippen LogP) is 3.45. The molecule has 0 aliphatic rings. The Kier molecular flexibility index (Phi) is 3.10. The molecule has 0 fully saturated rings. The first kappa shape index (κ1) is 11.0. The van der Waals surface area contributed by atoms with Crippen molar-refractivity contribution in [2.24, 2.45) is 0 Å². The van der Waals surface area contributed by atoms with Crippen LogP contribution in [0.1, 0.15) is 15.9 Å². The van der Waals surface area contributed by atoms with E-state index in [9.17, 15) is 13.6 Å². The van der Waals surface area contributed by atoms with Crippen molar-refractivity contribution in [3.8, 4) is 0 Å². The normalized spacial score (nSPS) is 10.4. The maximum Gasteiger partial charge on any atom is 0.170 e. The molecule has 0 radical (unpaired) electrons. The lowest BCUT2D eigenvalue weighted by Crippen LogP contribution is -2.05. The number of rotatable bonds is 3. The molecular formula is C12H8F2OS. The number of carbonyl (C=O) groups excluding carboxylic acids is 1. The number of benzene rings is 1. The van der Waals surface area contributed by atoms with Crippen molar-refractivity contribution in [3.05, 3.63) is 57.8 Å². The van der Waals surface area contributed by atoms with E-state index in [0.29, 0.717) is 0 Å². The third-order valence-electron chi connectivity index (χ3n) is 2.18. The van der Waals surface area contributed by atoms with Crippen molar-refractivity contribution < 1.29 is 13.6 Å². The van der Waals surface area contributed by atoms with Crippen molar-refractivity contribution in [3.63, 3.8) is 0 Å². The monoisotopic (exact) mass is 238 g/mol. The summed E-state index contributed by atoms with van der Waals surface area (Å²) < 4.78 is 25.9. The van der Waals surface area contributed by atoms with Crippen molar-refractivity contribution in [1.82, 2.24) is 0 Å². The van der Waals surface area contributed by atoms with E-state index in [1.165, 1.54) is 17.4 Å². The summed E-state index contributed by atoms with van der Waals surface area (Å²) in [5.41, 5.74) is 0.784. The SMILES string of the molecule is O=C(Cc1ccsc1)c1ccc(F)cc1F. The molecule has 1 nitrogen and oxygen atoms in total. The van der Waals surface area contributed by atoms with Crippen LogP contribution < -0.4 is 0 Å². The standard InChI is InChI=1S/C12H8F2OS/c13-9-1-2-10(11(14)6-9)12(15)5-8-3-4-16-7-8/h1-4,6-7H,5H2. The quantitative estimate of drug-likeness (QED) is 0.748. The molecule has 0 atom stereocenters. The molecule has 1 aromatic carbocycles. The molecule has 0 unspecified atom stereocenters. The molecule has 0 amide bonds. The average molecular weight is 238 g/mol. The summed E-state index contributed by atoms with van der Waals surface area (Å²) in [4.78, 5) is 11.7. The van der Waals surface area contributed by atoms with Crippen molar-refractivity contribution in [2.45, 2.75) is 6.42 Å². The van der Waals surface area contributed by atoms with Crippen LogP contribution in [0.25, 0.3) is 0 Å². The number of ketones is 1. The van der Waals surface area contributed by atoms with Crippen LogP contribution in [0.5, 0.6) is 0 Å². The summed E-state index contributed by atoms with van der Waals surface area (Å²) in [5, 5.41) is 3.68. The van der Waals surface area contributed by atoms with Gasteiger partial charge in [0.15, 0.2) is 5.78 Å². The molecule has 1 aromatic heterocycles. The van der Waals surface area contributed by atoms with Crippen LogP contribution in [-0.2, 0) is 6.42 Å². The lowest BCUT2D eigenvalue weighted by Gasteiger charge is -2.01. The van der Waals surface area contributed by atoms with Gasteiger partial charge in [-0.3, -0.25) is 4.79 Å². The summed E-state index contributed by atoms with van der Waals surface area (Å²) >= 11 is 1.48. The molecule has 4 heteroatoms. The minimum absolute atomic E-state index is 0.0624. The third-order valence-corrected chi connectivity index (χ3v) is 2.91. The highest BCUT2D eigenvalue weighted by molar-refractivity contribution is 7.08. The fourth-order valence-electron chi connectivity index (χ4n) is 1.39. The highest BCUT2D eigenvalue weighted by Gasteiger charge is 2.13. The van der Waals surface area contributed by atoms with Gasteiger partial charge in [-0.1, -0.05) is 0 Å². The largest absolute Gasteiger partial charge is 0.294 e. The zero-order valence-electron chi connectivity index (χ0n) is 8.24. The van der Waals surface area contributed by atoms with Gasteiger partial charge in [-0.05, 0) is 34.5 Å². The second kappa shape index (κ2) is 4.53. The summed E-state index contributed by atoms with van der Waals surface area (Å²) in [6, 6.07) is 4.80. The first-order valence-corrected chi connectivity index (χ1v) is 5.60. The summed E-state index contributed by atoms with van der Waals surface area (Å²) in [6.45, 7) is 0. The molecule has 2 rings (SSSR count). The maximum atomic E-state index is 13.3. The van der Waals surface area contributed by atoms with Gasteiger partial charge in [0.2, 0.25) is 0 Å². The highest BCUT2D eigenvalue weighted by Crippen LogP contribution is 2.14. The van der Waals surface area contributed by atoms with Gasteiger partial charge in [0.05, 0.1) is 5.56 Å². The minimum Gasteiger partial charge on any atom is -0.294 e. The van der Waals surface area contributed by atoms with E-state index < -0.39 is 11.6 Å². The van der Waals surface area contributed by atoms with Crippen LogP contribution >= 0.6 is 11.3 Å². The lowest BCUT2D eigenvalue weighted by atomic mass is 10.0. The molecule has 0 aliphatic carbocycles. The summed E-state index contributed by atoms with van der Waals surface area (Å²) in [7, 11) is 0. The van der Waals surface area contributed by atoms with Gasteiger partial charge < -0.3 is 0 Å². The Labute approximate surface area is 95.4 Å². The smallest absolute Gasteiger partial charge is 0.170 e. The molecule has 82 valence electrons. The number of hydrogen-bond donors (Lipinski definition) is 0. The van der Waals surface area contributed by atoms with Crippen LogP contribution in [0.15, 0.2) is 35.0 Å². The Morgan fingerprint density at radius 2 is 2.06 bits per heavy atom. The van der Waals surface area contributed by atoms with Gasteiger partial charge in [0.1, 0.15) is 11.6 Å². The average Bonchev–Trinajstić information content (AvgIpc) is 2.70. The summed E-state index contributed by atoms with van der Waals surface area (Å²) in [5.74, 6) is -1.82. The van der Waals surface area contributed by atoms with Gasteiger partial charge in [-0.15, -0.1) is 0 Å². The number of carbonyl (C=O) groups is 1. The van der Waals surface area contributed by atoms with Crippen molar-refractivity contribution >= 4 is 17.1 Å². The minimum atomic E-state index is -0.805. The van der Waals surface area contributed by atoms with Gasteiger partial charge >= 0.3 is 0 Å². The highest BCUT2D eigenvalue weighted by atomic mass is 32.1. The van der Waals surface area contributed by atoms with Crippen LogP contribution in [0.4, 0.5) is 8.78 Å². The van der Waals surface area contributed by atoms with E-state index in [1.54, 1.807) is 0 Å². The van der Waals surface area contributed by atoms with Gasteiger partial charge in [-0.2, -0.15) is 11.3 Å². The molecule has 1 heterocycles. The Hall–Kier alpha value is -1.55. The van der Waals surface area contributed by atoms with Crippen LogP contribution in [-0.4, -0.2) is 5.78 Å². The summed E-state index contributed by atoms with van der Waals surface area (Å²) in [6.07, 6.45) is 0.145. The van der Waals surface area contributed by atoms with Gasteiger partial charge in [0.25, 0.3) is 0 Å². The molecule has 0 aliphatic heterocycles. The number of thiophene rings is 1. The first-order valence-electron chi connectivity index (χ1n) is 4.66. The predicted molar refractivity (Wildman–Crippen MR) is 58.7 cm³/mol. The fraction of sp³-hybridized carbons (Fsp3) is 0.0833. The number of Topliss-reactive ketones (excluding diaryl/α,β-unsaturated/α-hetero) is 1. The van der Waals surface area contributed by atoms with Gasteiger partial charge in [-0.25, -0.2) is 8.78 Å². The maximum absolute atomic E-state index is 13.3. The van der Waals surface area contributed by atoms with Crippen molar-refractivity contribution in [1.29, 1.82) is 0 Å². The van der Waals surface area contributed by atoms with Crippen molar-refractivity contribution in [2.75, 3.05) is 0 Å². The molecule has 0 saturated heterocycles. The van der Waals surface area contributed by atoms with E-state index in [0.717, 1.165) is 17.7 Å². The lowest BCUT2D eigenvalue weighted by molar-refractivity contribution is 0.0989. The number of hydrogen-bond acceptors (Lipinski definition) is 2.